The summed E-state index contributed by atoms with van der Waals surface area (Å²) in [6.07, 6.45) is 3.35. The molecule has 0 atom stereocenters. The van der Waals surface area contributed by atoms with Gasteiger partial charge in [-0.3, -0.25) is 4.98 Å². The molecule has 0 amide bonds. The average Bonchev–Trinajstić information content (AvgIpc) is 2.67. The van der Waals surface area contributed by atoms with E-state index in [4.69, 9.17) is 10.5 Å². The number of ether oxygens (including phenoxy) is 1. The zero-order valence-electron chi connectivity index (χ0n) is 8.99. The molecule has 5 heteroatoms. The smallest absolute Gasteiger partial charge is 0.355 e. The van der Waals surface area contributed by atoms with E-state index in [0.717, 1.165) is 16.5 Å². The first kappa shape index (κ1) is 10.6. The topological polar surface area (TPSA) is 81.0 Å². The molecule has 0 fully saturated rings. The molecular formula is C11H13N3O2. The third kappa shape index (κ3) is 1.65. The fourth-order valence-corrected chi connectivity index (χ4v) is 1.68. The second-order valence-corrected chi connectivity index (χ2v) is 3.32. The van der Waals surface area contributed by atoms with Crippen molar-refractivity contribution in [2.45, 2.75) is 13.5 Å². The molecule has 0 aliphatic carbocycles. The Hall–Kier alpha value is -1.88. The van der Waals surface area contributed by atoms with Gasteiger partial charge in [-0.15, -0.1) is 0 Å². The zero-order chi connectivity index (χ0) is 11.5. The molecule has 0 aromatic carbocycles. The normalized spacial score (nSPS) is 10.6. The van der Waals surface area contributed by atoms with Crippen LogP contribution in [-0.2, 0) is 11.3 Å². The maximum Gasteiger partial charge on any atom is 0.355 e. The Labute approximate surface area is 92.6 Å². The summed E-state index contributed by atoms with van der Waals surface area (Å²) in [4.78, 5) is 18.7. The summed E-state index contributed by atoms with van der Waals surface area (Å²) in [5, 5.41) is 0.869. The Morgan fingerprint density at radius 1 is 1.62 bits per heavy atom. The number of nitrogens with one attached hydrogen (secondary N) is 1. The number of carbonyl (C=O) groups is 1. The number of hydrogen-bond donors (Lipinski definition) is 2. The first-order chi connectivity index (χ1) is 7.77. The lowest BCUT2D eigenvalue weighted by atomic mass is 10.1. The predicted molar refractivity (Wildman–Crippen MR) is 59.9 cm³/mol. The number of nitrogens with zero attached hydrogens (tertiary/aromatic N) is 1. The molecular weight excluding hydrogens is 206 g/mol. The van der Waals surface area contributed by atoms with Crippen LogP contribution >= 0.6 is 0 Å². The highest BCUT2D eigenvalue weighted by Gasteiger charge is 2.17. The number of rotatable bonds is 3. The van der Waals surface area contributed by atoms with Crippen molar-refractivity contribution in [1.29, 1.82) is 0 Å². The van der Waals surface area contributed by atoms with Crippen molar-refractivity contribution >= 4 is 16.9 Å². The highest BCUT2D eigenvalue weighted by Crippen LogP contribution is 2.21. The highest BCUT2D eigenvalue weighted by molar-refractivity contribution is 5.97. The molecule has 5 nitrogen and oxygen atoms in total. The highest BCUT2D eigenvalue weighted by atomic mass is 16.5. The van der Waals surface area contributed by atoms with Gasteiger partial charge in [0.2, 0.25) is 0 Å². The maximum absolute atomic E-state index is 11.7. The summed E-state index contributed by atoms with van der Waals surface area (Å²) >= 11 is 0. The van der Waals surface area contributed by atoms with Crippen molar-refractivity contribution in [3.8, 4) is 0 Å². The molecule has 0 unspecified atom stereocenters. The molecule has 2 heterocycles. The van der Waals surface area contributed by atoms with Crippen molar-refractivity contribution in [2.75, 3.05) is 6.61 Å². The van der Waals surface area contributed by atoms with Crippen LogP contribution in [0, 0.1) is 0 Å². The monoisotopic (exact) mass is 219 g/mol. The van der Waals surface area contributed by atoms with E-state index in [1.165, 1.54) is 0 Å². The summed E-state index contributed by atoms with van der Waals surface area (Å²) < 4.78 is 4.95. The van der Waals surface area contributed by atoms with Crippen LogP contribution in [-0.4, -0.2) is 22.5 Å². The fourth-order valence-electron chi connectivity index (χ4n) is 1.68. The van der Waals surface area contributed by atoms with Crippen LogP contribution in [0.4, 0.5) is 0 Å². The third-order valence-electron chi connectivity index (χ3n) is 2.39. The second-order valence-electron chi connectivity index (χ2n) is 3.32. The number of H-pyrrole nitrogens is 1. The molecule has 0 saturated heterocycles. The molecule has 2 aromatic heterocycles. The van der Waals surface area contributed by atoms with E-state index in [1.807, 2.05) is 0 Å². The van der Waals surface area contributed by atoms with Gasteiger partial charge in [-0.2, -0.15) is 0 Å². The van der Waals surface area contributed by atoms with Crippen molar-refractivity contribution in [3.05, 3.63) is 29.7 Å². The number of carbonyl (C=O) groups excluding carboxylic acids is 1. The number of fused-ring (bicyclic) bond motifs is 1. The lowest BCUT2D eigenvalue weighted by molar-refractivity contribution is 0.0519. The van der Waals surface area contributed by atoms with E-state index >= 15 is 0 Å². The summed E-state index contributed by atoms with van der Waals surface area (Å²) in [5.41, 5.74) is 7.66. The molecule has 3 N–H and O–H groups in total. The number of nitrogens with two attached hydrogens (primary N) is 1. The van der Waals surface area contributed by atoms with E-state index in [-0.39, 0.29) is 12.5 Å². The minimum absolute atomic E-state index is 0.278. The van der Waals surface area contributed by atoms with Gasteiger partial charge in [0, 0.05) is 35.4 Å². The summed E-state index contributed by atoms with van der Waals surface area (Å²) in [6, 6.07) is 1.80. The number of aromatic nitrogens is 2. The Morgan fingerprint density at radius 3 is 3.12 bits per heavy atom. The van der Waals surface area contributed by atoms with Gasteiger partial charge in [-0.05, 0) is 13.0 Å². The number of aromatic amines is 1. The van der Waals surface area contributed by atoms with E-state index in [0.29, 0.717) is 12.3 Å². The summed E-state index contributed by atoms with van der Waals surface area (Å²) in [6.45, 7) is 2.39. The van der Waals surface area contributed by atoms with Crippen LogP contribution in [0.5, 0.6) is 0 Å². The van der Waals surface area contributed by atoms with Gasteiger partial charge in [0.25, 0.3) is 0 Å². The van der Waals surface area contributed by atoms with Crippen molar-refractivity contribution < 1.29 is 9.53 Å². The Balaban J connectivity index is 2.56. The summed E-state index contributed by atoms with van der Waals surface area (Å²) in [7, 11) is 0. The molecule has 0 bridgehead atoms. The molecule has 0 aliphatic heterocycles. The van der Waals surface area contributed by atoms with E-state index < -0.39 is 0 Å². The van der Waals surface area contributed by atoms with Crippen molar-refractivity contribution in [2.24, 2.45) is 5.73 Å². The first-order valence-corrected chi connectivity index (χ1v) is 5.09. The van der Waals surface area contributed by atoms with Crippen LogP contribution < -0.4 is 5.73 Å². The van der Waals surface area contributed by atoms with Crippen LogP contribution in [0.1, 0.15) is 23.0 Å². The minimum atomic E-state index is -0.376. The Morgan fingerprint density at radius 2 is 2.44 bits per heavy atom. The standard InChI is InChI=1S/C11H13N3O2/c1-2-16-11(15)10-7(5-12)8-6-13-4-3-9(8)14-10/h3-4,6,14H,2,5,12H2,1H3. The number of hydrogen-bond acceptors (Lipinski definition) is 4. The number of pyridine rings is 1. The van der Waals surface area contributed by atoms with E-state index in [9.17, 15) is 4.79 Å². The Bertz CT molecular complexity index is 519. The zero-order valence-corrected chi connectivity index (χ0v) is 8.99. The van der Waals surface area contributed by atoms with Crippen molar-refractivity contribution in [3.63, 3.8) is 0 Å². The maximum atomic E-state index is 11.7. The van der Waals surface area contributed by atoms with Gasteiger partial charge in [0.15, 0.2) is 0 Å². The van der Waals surface area contributed by atoms with Gasteiger partial charge in [-0.25, -0.2) is 4.79 Å². The van der Waals surface area contributed by atoms with Crippen LogP contribution in [0.2, 0.25) is 0 Å². The Kier molecular flexibility index (Phi) is 2.87. The third-order valence-corrected chi connectivity index (χ3v) is 2.39. The largest absolute Gasteiger partial charge is 0.461 e. The molecule has 2 aromatic rings. The van der Waals surface area contributed by atoms with E-state index in [1.54, 1.807) is 25.4 Å². The van der Waals surface area contributed by atoms with Crippen LogP contribution in [0.3, 0.4) is 0 Å². The molecule has 84 valence electrons. The van der Waals surface area contributed by atoms with Crippen LogP contribution in [0.15, 0.2) is 18.5 Å². The quantitative estimate of drug-likeness (QED) is 0.760. The average molecular weight is 219 g/mol. The minimum Gasteiger partial charge on any atom is -0.461 e. The fraction of sp³-hybridized carbons (Fsp3) is 0.273. The van der Waals surface area contributed by atoms with Crippen LogP contribution in [0.25, 0.3) is 10.9 Å². The first-order valence-electron chi connectivity index (χ1n) is 5.09. The predicted octanol–water partition coefficient (Wildman–Crippen LogP) is 1.20. The lowest BCUT2D eigenvalue weighted by Gasteiger charge is -2.01. The molecule has 2 rings (SSSR count). The van der Waals surface area contributed by atoms with E-state index in [2.05, 4.69) is 9.97 Å². The molecule has 0 spiro atoms. The van der Waals surface area contributed by atoms with Gasteiger partial charge in [0.1, 0.15) is 5.69 Å². The summed E-state index contributed by atoms with van der Waals surface area (Å²) in [5.74, 6) is -0.376. The second kappa shape index (κ2) is 4.32. The molecule has 16 heavy (non-hydrogen) atoms. The lowest BCUT2D eigenvalue weighted by Crippen LogP contribution is -2.10. The molecule has 0 aliphatic rings. The van der Waals surface area contributed by atoms with Gasteiger partial charge >= 0.3 is 5.97 Å². The number of esters is 1. The van der Waals surface area contributed by atoms with Gasteiger partial charge in [0.05, 0.1) is 6.61 Å². The molecule has 0 saturated carbocycles. The van der Waals surface area contributed by atoms with Crippen molar-refractivity contribution in [1.82, 2.24) is 9.97 Å². The van der Waals surface area contributed by atoms with Gasteiger partial charge < -0.3 is 15.5 Å². The SMILES string of the molecule is CCOC(=O)c1[nH]c2ccncc2c1CN. The molecule has 0 radical (unpaired) electrons. The van der Waals surface area contributed by atoms with Gasteiger partial charge in [-0.1, -0.05) is 0 Å².